The molecule has 0 bridgehead atoms. The molecular weight excluding hydrogens is 110 g/mol. The normalized spacial score (nSPS) is 1.50. The van der Waals surface area contributed by atoms with Gasteiger partial charge in [-0.15, -0.1) is 0 Å². The van der Waals surface area contributed by atoms with Crippen LogP contribution in [0.2, 0.25) is 0 Å². The molecule has 2 N–H and O–H groups in total. The number of hydrogen-bond acceptors (Lipinski definition) is 2. The molecule has 2 nitrogen and oxygen atoms in total. The Balaban J connectivity index is -0.000000000333. The Hall–Kier alpha value is 3.19. The van der Waals surface area contributed by atoms with Gasteiger partial charge in [0, 0.05) is 0 Å². The summed E-state index contributed by atoms with van der Waals surface area (Å²) in [5.74, 6) is 0. The van der Waals surface area contributed by atoms with E-state index in [9.17, 15) is 0 Å². The maximum Gasteiger partial charge on any atom is 1.00 e. The molecule has 0 rings (SSSR count). The molecule has 0 aliphatic carbocycles. The van der Waals surface area contributed by atoms with E-state index in [1.807, 2.05) is 0 Å². The summed E-state index contributed by atoms with van der Waals surface area (Å²) in [6, 6.07) is 0. The van der Waals surface area contributed by atoms with E-state index in [1.54, 1.807) is 0 Å². The molecule has 18 valence electrons. The topological polar surface area (TPSA) is 40.5 Å². The smallest absolute Gasteiger partial charge is 1.00 e. The van der Waals surface area contributed by atoms with Crippen molar-refractivity contribution in [2.75, 3.05) is 0 Å². The first-order chi connectivity index (χ1) is 1.00. The van der Waals surface area contributed by atoms with Crippen molar-refractivity contribution < 1.29 is 119 Å². The van der Waals surface area contributed by atoms with Gasteiger partial charge in [0.25, 0.3) is 0 Å². The van der Waals surface area contributed by atoms with Crippen molar-refractivity contribution in [1.29, 1.82) is 0 Å². The SMILES string of the molecule is OO.[H+].[H+].[H-].[H-].[K+].[K+]. The molecule has 4 heteroatoms. The third-order valence-electron chi connectivity index (χ3n) is 0. The molecule has 0 radical (unpaired) electrons. The molecule has 4 heavy (non-hydrogen) atoms. The second kappa shape index (κ2) is 16.4. The second-order valence-electron chi connectivity index (χ2n) is 0. The molecule has 0 unspecified atom stereocenters. The summed E-state index contributed by atoms with van der Waals surface area (Å²) >= 11 is 0. The van der Waals surface area contributed by atoms with E-state index in [0.29, 0.717) is 0 Å². The fourth-order valence-electron chi connectivity index (χ4n) is 0. The summed E-state index contributed by atoms with van der Waals surface area (Å²) in [6.07, 6.45) is 0. The third kappa shape index (κ3) is 8.95. The van der Waals surface area contributed by atoms with Crippen LogP contribution in [0, 0.1) is 0 Å². The zero-order valence-corrected chi connectivity index (χ0v) is 9.14. The van der Waals surface area contributed by atoms with Crippen LogP contribution in [-0.4, -0.2) is 10.5 Å². The quantitative estimate of drug-likeness (QED) is 0.188. The van der Waals surface area contributed by atoms with Gasteiger partial charge in [-0.25, -0.2) is 0 Å². The van der Waals surface area contributed by atoms with Gasteiger partial charge in [0.2, 0.25) is 0 Å². The van der Waals surface area contributed by atoms with Crippen LogP contribution < -0.4 is 103 Å². The van der Waals surface area contributed by atoms with Gasteiger partial charge >= 0.3 is 106 Å². The Morgan fingerprint density at radius 3 is 1.25 bits per heavy atom. The average molecular weight is 116 g/mol. The molecule has 0 aliphatic heterocycles. The number of hydrogen-bond donors (Lipinski definition) is 2. The van der Waals surface area contributed by atoms with E-state index >= 15 is 0 Å². The van der Waals surface area contributed by atoms with Gasteiger partial charge in [-0.05, 0) is 0 Å². The first kappa shape index (κ1) is 15.7. The predicted octanol–water partition coefficient (Wildman–Crippen LogP) is -5.52. The molecule has 0 heterocycles. The minimum absolute atomic E-state index is 0. The summed E-state index contributed by atoms with van der Waals surface area (Å²) in [6.45, 7) is 0. The standard InChI is InChI=1S/2K.H2O2.2H/c;;1-2;;/h;;1-2H;;/q2*+1;;2*-1/p+2. The van der Waals surface area contributed by atoms with Crippen molar-refractivity contribution >= 4 is 0 Å². The Morgan fingerprint density at radius 1 is 1.25 bits per heavy atom. The van der Waals surface area contributed by atoms with E-state index in [4.69, 9.17) is 10.5 Å². The minimum atomic E-state index is 0. The fraction of sp³-hybridized carbons (Fsp3) is 0. The van der Waals surface area contributed by atoms with Gasteiger partial charge in [-0.2, -0.15) is 0 Å². The van der Waals surface area contributed by atoms with E-state index in [-0.39, 0.29) is 108 Å². The summed E-state index contributed by atoms with van der Waals surface area (Å²) in [5.41, 5.74) is 0. The fourth-order valence-corrected chi connectivity index (χ4v) is 0. The molecule has 0 aromatic rings. The zero-order valence-electron chi connectivity index (χ0n) is 6.89. The van der Waals surface area contributed by atoms with Crippen LogP contribution in [0.25, 0.3) is 0 Å². The van der Waals surface area contributed by atoms with Crippen LogP contribution >= 0.6 is 0 Å². The first-order valence-corrected chi connectivity index (χ1v) is 0.200. The summed E-state index contributed by atoms with van der Waals surface area (Å²) in [4.78, 5) is 0. The Morgan fingerprint density at radius 2 is 1.25 bits per heavy atom. The Labute approximate surface area is 116 Å². The maximum atomic E-state index is 6.00. The molecule has 0 aromatic heterocycles. The average Bonchev–Trinajstić information content (AvgIpc) is 1.00. The van der Waals surface area contributed by atoms with Crippen LogP contribution in [-0.2, 0) is 0 Å². The summed E-state index contributed by atoms with van der Waals surface area (Å²) in [5, 5.41) is 12.0. The largest absolute Gasteiger partial charge is 1.00 e. The molecular formula is H6K2O2+2. The molecule has 0 aromatic carbocycles. The summed E-state index contributed by atoms with van der Waals surface area (Å²) in [7, 11) is 0. The van der Waals surface area contributed by atoms with Gasteiger partial charge in [0.05, 0.1) is 0 Å². The van der Waals surface area contributed by atoms with Crippen molar-refractivity contribution in [3.8, 4) is 0 Å². The van der Waals surface area contributed by atoms with Gasteiger partial charge in [-0.3, -0.25) is 10.5 Å². The van der Waals surface area contributed by atoms with Gasteiger partial charge in [-0.1, -0.05) is 0 Å². The predicted molar refractivity (Wildman–Crippen MR) is 9.71 cm³/mol. The maximum absolute atomic E-state index is 6.00. The molecule has 0 amide bonds. The number of rotatable bonds is 0. The molecule has 0 spiro atoms. The van der Waals surface area contributed by atoms with Crippen LogP contribution in [0.15, 0.2) is 0 Å². The van der Waals surface area contributed by atoms with E-state index in [0.717, 1.165) is 0 Å². The van der Waals surface area contributed by atoms with Gasteiger partial charge < -0.3 is 2.85 Å². The molecule has 0 fully saturated rings. The Kier molecular flexibility index (Phi) is 64.3. The van der Waals surface area contributed by atoms with Gasteiger partial charge in [0.15, 0.2) is 0 Å². The third-order valence-corrected chi connectivity index (χ3v) is 0. The molecule has 0 saturated heterocycles. The van der Waals surface area contributed by atoms with Gasteiger partial charge in [0.1, 0.15) is 0 Å². The van der Waals surface area contributed by atoms with Crippen molar-refractivity contribution in [1.82, 2.24) is 0 Å². The van der Waals surface area contributed by atoms with E-state index in [1.165, 1.54) is 0 Å². The summed E-state index contributed by atoms with van der Waals surface area (Å²) < 4.78 is 0. The molecule has 0 saturated carbocycles. The van der Waals surface area contributed by atoms with Crippen molar-refractivity contribution in [2.24, 2.45) is 0 Å². The van der Waals surface area contributed by atoms with Crippen LogP contribution in [0.1, 0.15) is 5.71 Å². The van der Waals surface area contributed by atoms with E-state index in [2.05, 4.69) is 0 Å². The zero-order chi connectivity index (χ0) is 2.00. The first-order valence-electron chi connectivity index (χ1n) is 0.200. The monoisotopic (exact) mass is 116 g/mol. The van der Waals surface area contributed by atoms with Crippen LogP contribution in [0.4, 0.5) is 0 Å². The second-order valence-corrected chi connectivity index (χ2v) is 0. The Bertz CT molecular complexity index is 12.0. The van der Waals surface area contributed by atoms with Crippen LogP contribution in [0.5, 0.6) is 0 Å². The van der Waals surface area contributed by atoms with Crippen molar-refractivity contribution in [3.05, 3.63) is 0 Å². The van der Waals surface area contributed by atoms with Crippen molar-refractivity contribution in [3.63, 3.8) is 0 Å². The van der Waals surface area contributed by atoms with Crippen LogP contribution in [0.3, 0.4) is 0 Å². The molecule has 0 atom stereocenters. The van der Waals surface area contributed by atoms with Crippen molar-refractivity contribution in [2.45, 2.75) is 0 Å². The minimum Gasteiger partial charge on any atom is -1.00 e. The molecule has 0 aliphatic rings. The van der Waals surface area contributed by atoms with E-state index < -0.39 is 0 Å².